The van der Waals surface area contributed by atoms with Gasteiger partial charge in [0, 0.05) is 21.2 Å². The molecule has 19 heavy (non-hydrogen) atoms. The fourth-order valence-corrected chi connectivity index (χ4v) is 2.97. The molecule has 0 saturated carbocycles. The van der Waals surface area contributed by atoms with Crippen LogP contribution in [0.25, 0.3) is 0 Å². The zero-order valence-electron chi connectivity index (χ0n) is 11.3. The number of hydrogen-bond acceptors (Lipinski definition) is 1. The van der Waals surface area contributed by atoms with Crippen LogP contribution < -0.4 is 5.32 Å². The van der Waals surface area contributed by atoms with Gasteiger partial charge in [-0.15, -0.1) is 0 Å². The van der Waals surface area contributed by atoms with Crippen molar-refractivity contribution in [2.75, 3.05) is 5.32 Å². The maximum absolute atomic E-state index is 3.54. The molecule has 0 heterocycles. The summed E-state index contributed by atoms with van der Waals surface area (Å²) in [6, 6.07) is 10.8. The number of hydrogen-bond donors (Lipinski definition) is 1. The van der Waals surface area contributed by atoms with Crippen LogP contribution in [0.5, 0.6) is 0 Å². The van der Waals surface area contributed by atoms with E-state index in [0.717, 1.165) is 15.5 Å². The number of benzene rings is 2. The first-order valence-electron chi connectivity index (χ1n) is 6.23. The molecule has 0 aliphatic heterocycles. The van der Waals surface area contributed by atoms with Gasteiger partial charge in [-0.1, -0.05) is 23.8 Å². The third kappa shape index (κ3) is 3.61. The smallest absolute Gasteiger partial charge is 0.0402 e. The van der Waals surface area contributed by atoms with Crippen LogP contribution in [-0.4, -0.2) is 0 Å². The van der Waals surface area contributed by atoms with Gasteiger partial charge in [-0.05, 0) is 81.5 Å². The third-order valence-corrected chi connectivity index (χ3v) is 5.01. The quantitative estimate of drug-likeness (QED) is 0.712. The van der Waals surface area contributed by atoms with E-state index in [2.05, 4.69) is 88.3 Å². The van der Waals surface area contributed by atoms with E-state index in [0.29, 0.717) is 0 Å². The van der Waals surface area contributed by atoms with Crippen molar-refractivity contribution in [3.05, 3.63) is 61.5 Å². The molecule has 0 unspecified atom stereocenters. The maximum atomic E-state index is 3.54. The Balaban J connectivity index is 2.16. The summed E-state index contributed by atoms with van der Waals surface area (Å²) in [6.07, 6.45) is 0. The molecule has 0 amide bonds. The molecule has 2 rings (SSSR count). The van der Waals surface area contributed by atoms with Crippen molar-refractivity contribution >= 4 is 37.5 Å². The molecule has 2 aromatic carbocycles. The number of aryl methyl sites for hydroxylation is 3. The Morgan fingerprint density at radius 1 is 0.895 bits per heavy atom. The molecule has 2 aromatic rings. The molecule has 0 spiro atoms. The summed E-state index contributed by atoms with van der Waals surface area (Å²) >= 11 is 7.03. The molecule has 100 valence electrons. The Labute approximate surface area is 131 Å². The molecule has 0 aromatic heterocycles. The Morgan fingerprint density at radius 3 is 2.11 bits per heavy atom. The molecule has 0 aliphatic rings. The zero-order chi connectivity index (χ0) is 14.0. The van der Waals surface area contributed by atoms with Crippen LogP contribution in [0, 0.1) is 20.8 Å². The number of anilines is 1. The van der Waals surface area contributed by atoms with Gasteiger partial charge >= 0.3 is 0 Å². The number of nitrogens with one attached hydrogen (secondary N) is 1. The van der Waals surface area contributed by atoms with Gasteiger partial charge in [-0.25, -0.2) is 0 Å². The predicted molar refractivity (Wildman–Crippen MR) is 89.8 cm³/mol. The van der Waals surface area contributed by atoms with E-state index in [4.69, 9.17) is 0 Å². The van der Waals surface area contributed by atoms with Crippen molar-refractivity contribution in [2.24, 2.45) is 0 Å². The molecule has 0 saturated heterocycles. The fourth-order valence-electron chi connectivity index (χ4n) is 2.30. The van der Waals surface area contributed by atoms with Crippen molar-refractivity contribution in [2.45, 2.75) is 27.3 Å². The lowest BCUT2D eigenvalue weighted by atomic mass is 10.0. The summed E-state index contributed by atoms with van der Waals surface area (Å²) in [5, 5.41) is 3.54. The van der Waals surface area contributed by atoms with Crippen LogP contribution in [0.4, 0.5) is 5.69 Å². The van der Waals surface area contributed by atoms with E-state index >= 15 is 0 Å². The lowest BCUT2D eigenvalue weighted by Gasteiger charge is -2.14. The van der Waals surface area contributed by atoms with Gasteiger partial charge in [-0.3, -0.25) is 0 Å². The summed E-state index contributed by atoms with van der Waals surface area (Å²) in [4.78, 5) is 0. The molecular weight excluding hydrogens is 366 g/mol. The lowest BCUT2D eigenvalue weighted by molar-refractivity contribution is 1.12. The summed E-state index contributed by atoms with van der Waals surface area (Å²) in [5.41, 5.74) is 6.41. The number of rotatable bonds is 3. The van der Waals surface area contributed by atoms with Crippen LogP contribution in [0.2, 0.25) is 0 Å². The summed E-state index contributed by atoms with van der Waals surface area (Å²) in [6.45, 7) is 7.27. The van der Waals surface area contributed by atoms with E-state index in [9.17, 15) is 0 Å². The minimum absolute atomic E-state index is 0.830. The molecule has 0 bridgehead atoms. The Kier molecular flexibility index (Phi) is 4.69. The first-order chi connectivity index (χ1) is 8.97. The highest BCUT2D eigenvalue weighted by atomic mass is 79.9. The molecule has 3 heteroatoms. The van der Waals surface area contributed by atoms with E-state index < -0.39 is 0 Å². The summed E-state index contributed by atoms with van der Waals surface area (Å²) in [5.74, 6) is 0. The summed E-state index contributed by atoms with van der Waals surface area (Å²) < 4.78 is 2.17. The van der Waals surface area contributed by atoms with Crippen molar-refractivity contribution in [3.8, 4) is 0 Å². The van der Waals surface area contributed by atoms with Crippen LogP contribution in [0.3, 0.4) is 0 Å². The van der Waals surface area contributed by atoms with Gasteiger partial charge in [0.1, 0.15) is 0 Å². The maximum Gasteiger partial charge on any atom is 0.0402 e. The highest BCUT2D eigenvalue weighted by Gasteiger charge is 2.04. The van der Waals surface area contributed by atoms with Crippen molar-refractivity contribution in [1.29, 1.82) is 0 Å². The second kappa shape index (κ2) is 6.10. The molecule has 0 fully saturated rings. The van der Waals surface area contributed by atoms with Crippen LogP contribution in [0.1, 0.15) is 22.3 Å². The van der Waals surface area contributed by atoms with Crippen molar-refractivity contribution < 1.29 is 0 Å². The Morgan fingerprint density at radius 2 is 1.53 bits per heavy atom. The van der Waals surface area contributed by atoms with E-state index in [1.54, 1.807) is 0 Å². The molecule has 1 N–H and O–H groups in total. The predicted octanol–water partition coefficient (Wildman–Crippen LogP) is 5.75. The van der Waals surface area contributed by atoms with Gasteiger partial charge in [-0.2, -0.15) is 0 Å². The first-order valence-corrected chi connectivity index (χ1v) is 7.81. The van der Waals surface area contributed by atoms with Crippen LogP contribution in [0.15, 0.2) is 39.3 Å². The first kappa shape index (κ1) is 14.6. The van der Waals surface area contributed by atoms with E-state index in [-0.39, 0.29) is 0 Å². The minimum Gasteiger partial charge on any atom is -0.381 e. The second-order valence-corrected chi connectivity index (χ2v) is 6.58. The monoisotopic (exact) mass is 381 g/mol. The normalized spacial score (nSPS) is 10.6. The highest BCUT2D eigenvalue weighted by Crippen LogP contribution is 2.26. The topological polar surface area (TPSA) is 12.0 Å². The minimum atomic E-state index is 0.830. The van der Waals surface area contributed by atoms with Crippen LogP contribution >= 0.6 is 31.9 Å². The van der Waals surface area contributed by atoms with Crippen molar-refractivity contribution in [1.82, 2.24) is 0 Å². The molecular formula is C16H17Br2N. The Bertz CT molecular complexity index is 583. The zero-order valence-corrected chi connectivity index (χ0v) is 14.5. The van der Waals surface area contributed by atoms with Gasteiger partial charge in [0.05, 0.1) is 0 Å². The summed E-state index contributed by atoms with van der Waals surface area (Å²) in [7, 11) is 0. The van der Waals surface area contributed by atoms with Gasteiger partial charge in [0.2, 0.25) is 0 Å². The highest BCUT2D eigenvalue weighted by molar-refractivity contribution is 9.13. The molecule has 0 atom stereocenters. The molecule has 0 aliphatic carbocycles. The SMILES string of the molecule is Cc1cc(C)c(NCc2ccc(Br)c(Br)c2)c(C)c1. The van der Waals surface area contributed by atoms with Crippen LogP contribution in [-0.2, 0) is 6.54 Å². The third-order valence-electron chi connectivity index (χ3n) is 3.13. The van der Waals surface area contributed by atoms with Crippen molar-refractivity contribution in [3.63, 3.8) is 0 Å². The number of halogens is 2. The second-order valence-electron chi connectivity index (χ2n) is 4.88. The van der Waals surface area contributed by atoms with E-state index in [1.165, 1.54) is 27.9 Å². The average Bonchev–Trinajstić information content (AvgIpc) is 2.32. The molecule has 0 radical (unpaired) electrons. The Hall–Kier alpha value is -0.800. The van der Waals surface area contributed by atoms with Gasteiger partial charge in [0.25, 0.3) is 0 Å². The van der Waals surface area contributed by atoms with Gasteiger partial charge in [0.15, 0.2) is 0 Å². The lowest BCUT2D eigenvalue weighted by Crippen LogP contribution is -2.03. The average molecular weight is 383 g/mol. The van der Waals surface area contributed by atoms with Gasteiger partial charge < -0.3 is 5.32 Å². The molecule has 1 nitrogen and oxygen atoms in total. The van der Waals surface area contributed by atoms with E-state index in [1.807, 2.05) is 0 Å². The largest absolute Gasteiger partial charge is 0.381 e. The standard InChI is InChI=1S/C16H17Br2N/c1-10-6-11(2)16(12(3)7-10)19-9-13-4-5-14(17)15(18)8-13/h4-8,19H,9H2,1-3H3. The fraction of sp³-hybridized carbons (Fsp3) is 0.250.